The number of hydrogen-bond donors (Lipinski definition) is 1. The van der Waals surface area contributed by atoms with Crippen molar-refractivity contribution in [1.82, 2.24) is 0 Å². The highest BCUT2D eigenvalue weighted by atomic mass is 32.2. The van der Waals surface area contributed by atoms with Crippen LogP contribution >= 0.6 is 0 Å². The zero-order valence-corrected chi connectivity index (χ0v) is 18.6. The Labute approximate surface area is 188 Å². The lowest BCUT2D eigenvalue weighted by atomic mass is 9.85. The van der Waals surface area contributed by atoms with Gasteiger partial charge in [-0.25, -0.2) is 0 Å². The predicted octanol–water partition coefficient (Wildman–Crippen LogP) is -0.324. The average Bonchev–Trinajstić information content (AvgIpc) is 2.64. The van der Waals surface area contributed by atoms with Crippen LogP contribution in [-0.2, 0) is 43.4 Å². The molecule has 0 radical (unpaired) electrons. The van der Waals surface area contributed by atoms with Gasteiger partial charge < -0.3 is 9.47 Å². The molecule has 0 unspecified atom stereocenters. The minimum Gasteiger partial charge on any atom is -0.438 e. The van der Waals surface area contributed by atoms with Crippen LogP contribution in [0.4, 0.5) is 26.3 Å². The highest BCUT2D eigenvalue weighted by molar-refractivity contribution is 7.85. The van der Waals surface area contributed by atoms with E-state index in [-0.39, 0.29) is 5.75 Å². The van der Waals surface area contributed by atoms with Gasteiger partial charge in [-0.3, -0.25) is 14.1 Å². The van der Waals surface area contributed by atoms with Crippen LogP contribution in [0.15, 0.2) is 12.1 Å². The van der Waals surface area contributed by atoms with Gasteiger partial charge in [-0.2, -0.15) is 34.8 Å². The van der Waals surface area contributed by atoms with Crippen LogP contribution in [-0.4, -0.2) is 72.2 Å². The number of benzene rings is 1. The third-order valence-corrected chi connectivity index (χ3v) is 5.34. The second-order valence-electron chi connectivity index (χ2n) is 6.98. The van der Waals surface area contributed by atoms with Crippen molar-refractivity contribution in [2.45, 2.75) is 43.3 Å². The highest BCUT2D eigenvalue weighted by Gasteiger charge is 2.76. The first kappa shape index (κ1) is 28.9. The molecule has 0 fully saturated rings. The maximum absolute atomic E-state index is 13.2. The van der Waals surface area contributed by atoms with Gasteiger partial charge in [-0.1, -0.05) is 36.7 Å². The standard InChI is InChI=1S/C16H19B3F6O7S/c17-4-8-1-9(5-18)13(10(2-8)6-19)31-11(26)3-12(27)32-14(15(20,21)22,16(23,24)25)7-33(28,29)30/h1-2H,3-7,17-19H2,(H,28,29,30). The largest absolute Gasteiger partial charge is 0.438 e. The van der Waals surface area contributed by atoms with Gasteiger partial charge >= 0.3 is 29.9 Å². The molecule has 33 heavy (non-hydrogen) atoms. The van der Waals surface area contributed by atoms with Crippen LogP contribution in [0.3, 0.4) is 0 Å². The monoisotopic (exact) mass is 502 g/mol. The van der Waals surface area contributed by atoms with Gasteiger partial charge in [0.1, 0.15) is 41.5 Å². The normalized spacial score (nSPS) is 12.9. The molecule has 7 nitrogen and oxygen atoms in total. The van der Waals surface area contributed by atoms with E-state index in [0.717, 1.165) is 5.56 Å². The summed E-state index contributed by atoms with van der Waals surface area (Å²) >= 11 is 0. The van der Waals surface area contributed by atoms with E-state index in [1.54, 1.807) is 27.8 Å². The van der Waals surface area contributed by atoms with E-state index < -0.39 is 52.2 Å². The van der Waals surface area contributed by atoms with Gasteiger partial charge in [-0.05, 0) is 11.1 Å². The molecular weight excluding hydrogens is 483 g/mol. The molecule has 0 heterocycles. The summed E-state index contributed by atoms with van der Waals surface area (Å²) in [5.41, 5.74) is -3.64. The Morgan fingerprint density at radius 3 is 1.67 bits per heavy atom. The summed E-state index contributed by atoms with van der Waals surface area (Å²) < 4.78 is 118. The van der Waals surface area contributed by atoms with Crippen LogP contribution in [0.25, 0.3) is 0 Å². The highest BCUT2D eigenvalue weighted by Crippen LogP contribution is 2.47. The molecular formula is C16H19B3F6O7S. The van der Waals surface area contributed by atoms with Crippen LogP contribution < -0.4 is 4.74 Å². The maximum Gasteiger partial charge on any atom is 0.438 e. The summed E-state index contributed by atoms with van der Waals surface area (Å²) in [6.07, 6.45) is -13.3. The number of esters is 2. The summed E-state index contributed by atoms with van der Waals surface area (Å²) in [5.74, 6) is -6.88. The lowest BCUT2D eigenvalue weighted by molar-refractivity contribution is -0.361. The topological polar surface area (TPSA) is 107 Å². The second-order valence-corrected chi connectivity index (χ2v) is 8.43. The zero-order chi connectivity index (χ0) is 25.8. The fourth-order valence-corrected chi connectivity index (χ4v) is 3.81. The molecule has 17 heteroatoms. The first-order chi connectivity index (χ1) is 14.9. The molecule has 0 aliphatic carbocycles. The number of carbonyl (C=O) groups excluding carboxylic acids is 2. The summed E-state index contributed by atoms with van der Waals surface area (Å²) in [4.78, 5) is 24.0. The average molecular weight is 502 g/mol. The minimum atomic E-state index is -6.48. The minimum absolute atomic E-state index is 0.0193. The predicted molar refractivity (Wildman–Crippen MR) is 111 cm³/mol. The molecule has 0 aliphatic heterocycles. The Kier molecular flexibility index (Phi) is 9.11. The number of hydrogen-bond acceptors (Lipinski definition) is 6. The van der Waals surface area contributed by atoms with Crippen molar-refractivity contribution in [3.05, 3.63) is 28.8 Å². The van der Waals surface area contributed by atoms with Gasteiger partial charge in [0.05, 0.1) is 0 Å². The third-order valence-electron chi connectivity index (χ3n) is 4.57. The zero-order valence-electron chi connectivity index (χ0n) is 17.8. The van der Waals surface area contributed by atoms with Gasteiger partial charge in [0.2, 0.25) is 0 Å². The molecule has 0 atom stereocenters. The van der Waals surface area contributed by atoms with E-state index in [1.807, 2.05) is 7.85 Å². The number of halogens is 6. The van der Waals surface area contributed by atoms with Gasteiger partial charge in [0.15, 0.2) is 0 Å². The van der Waals surface area contributed by atoms with Crippen molar-refractivity contribution < 1.29 is 58.4 Å². The third kappa shape index (κ3) is 7.16. The van der Waals surface area contributed by atoms with E-state index in [1.165, 1.54) is 0 Å². The van der Waals surface area contributed by atoms with Crippen LogP contribution in [0.1, 0.15) is 23.1 Å². The molecule has 0 bridgehead atoms. The van der Waals surface area contributed by atoms with Crippen molar-refractivity contribution in [3.63, 3.8) is 0 Å². The van der Waals surface area contributed by atoms with Crippen molar-refractivity contribution >= 4 is 45.6 Å². The molecule has 1 rings (SSSR count). The fraction of sp³-hybridized carbons (Fsp3) is 0.500. The molecule has 1 aromatic rings. The quantitative estimate of drug-likeness (QED) is 0.123. The molecule has 0 spiro atoms. The summed E-state index contributed by atoms with van der Waals surface area (Å²) in [5, 5.41) is 0. The summed E-state index contributed by atoms with van der Waals surface area (Å²) in [6.45, 7) is 0. The lowest BCUT2D eigenvalue weighted by Gasteiger charge is -2.35. The molecule has 0 amide bonds. The lowest BCUT2D eigenvalue weighted by Crippen LogP contribution is -2.63. The first-order valence-corrected chi connectivity index (χ1v) is 11.2. The van der Waals surface area contributed by atoms with Gasteiger partial charge in [-0.15, -0.1) is 0 Å². The number of carbonyl (C=O) groups is 2. The Hall–Kier alpha value is -2.16. The summed E-state index contributed by atoms with van der Waals surface area (Å²) in [7, 11) is -0.621. The second kappa shape index (κ2) is 10.4. The number of rotatable bonds is 9. The van der Waals surface area contributed by atoms with Crippen LogP contribution in [0.2, 0.25) is 0 Å². The molecule has 1 aromatic carbocycles. The van der Waals surface area contributed by atoms with Crippen molar-refractivity contribution in [3.8, 4) is 5.75 Å². The van der Waals surface area contributed by atoms with Gasteiger partial charge in [0.25, 0.3) is 10.1 Å². The van der Waals surface area contributed by atoms with E-state index >= 15 is 0 Å². The molecule has 0 saturated carbocycles. The Morgan fingerprint density at radius 1 is 0.879 bits per heavy atom. The molecule has 182 valence electrons. The SMILES string of the molecule is BCc1cc(CB)c(OC(=O)CC(=O)OC(CS(=O)(=O)O)(C(F)(F)F)C(F)(F)F)c(CB)c1. The molecule has 1 N–H and O–H groups in total. The molecule has 0 aromatic heterocycles. The number of alkyl halides is 6. The van der Waals surface area contributed by atoms with Crippen LogP contribution in [0.5, 0.6) is 5.75 Å². The van der Waals surface area contributed by atoms with Crippen LogP contribution in [0, 0.1) is 0 Å². The fourth-order valence-electron chi connectivity index (χ4n) is 2.91. The Morgan fingerprint density at radius 2 is 1.33 bits per heavy atom. The molecule has 0 saturated heterocycles. The summed E-state index contributed by atoms with van der Waals surface area (Å²) in [6, 6.07) is 3.40. The van der Waals surface area contributed by atoms with Crippen molar-refractivity contribution in [2.24, 2.45) is 0 Å². The van der Waals surface area contributed by atoms with E-state index in [9.17, 15) is 44.3 Å². The maximum atomic E-state index is 13.2. The Balaban J connectivity index is 3.23. The smallest absolute Gasteiger partial charge is 0.438 e. The van der Waals surface area contributed by atoms with Crippen molar-refractivity contribution in [1.29, 1.82) is 0 Å². The van der Waals surface area contributed by atoms with E-state index in [4.69, 9.17) is 9.29 Å². The first-order valence-electron chi connectivity index (χ1n) is 9.56. The van der Waals surface area contributed by atoms with E-state index in [2.05, 4.69) is 4.74 Å². The van der Waals surface area contributed by atoms with Crippen molar-refractivity contribution in [2.75, 3.05) is 5.75 Å². The van der Waals surface area contributed by atoms with Gasteiger partial charge in [0, 0.05) is 0 Å². The molecule has 0 aliphatic rings. The number of ether oxygens (including phenoxy) is 2. The Bertz CT molecular complexity index is 956. The van der Waals surface area contributed by atoms with E-state index in [0.29, 0.717) is 30.1 Å².